The van der Waals surface area contributed by atoms with E-state index in [4.69, 9.17) is 15.0 Å². The Hall–Kier alpha value is -6.16. The van der Waals surface area contributed by atoms with Crippen molar-refractivity contribution in [2.75, 3.05) is 6.54 Å². The Kier molecular flexibility index (Phi) is 6.55. The third kappa shape index (κ3) is 4.82. The number of hydrogen-bond donors (Lipinski definition) is 1. The summed E-state index contributed by atoms with van der Waals surface area (Å²) in [5, 5.41) is 8.57. The molecular weight excluding hydrogens is 574 g/mol. The maximum absolute atomic E-state index is 4.98. The largest absolute Gasteiger partial charge is 0.387 e. The molecule has 2 aliphatic heterocycles. The highest BCUT2D eigenvalue weighted by atomic mass is 15.0. The first-order chi connectivity index (χ1) is 23.3. The Morgan fingerprint density at radius 2 is 1.26 bits per heavy atom. The van der Waals surface area contributed by atoms with E-state index in [9.17, 15) is 0 Å². The fraction of sp³-hybridized carbons (Fsp3) is 0.0714. The van der Waals surface area contributed by atoms with E-state index in [2.05, 4.69) is 113 Å². The molecule has 3 heterocycles. The molecule has 5 aromatic carbocycles. The van der Waals surface area contributed by atoms with Crippen molar-refractivity contribution in [2.24, 2.45) is 0 Å². The first kappa shape index (κ1) is 27.2. The minimum absolute atomic E-state index is 0.616. The Morgan fingerprint density at radius 3 is 2.00 bits per heavy atom. The van der Waals surface area contributed by atoms with Crippen LogP contribution >= 0.6 is 0 Å². The SMILES string of the molecule is C1=CC(c2nc(C3=CC=[N+]=C3)nc(-c3ccccc3-c3ccc(C4=Cc5c(c6ccccc6c6ccccc56)CC4)cc3)n2)=CCN1. The molecule has 5 nitrogen and oxygen atoms in total. The van der Waals surface area contributed by atoms with E-state index >= 15 is 0 Å². The van der Waals surface area contributed by atoms with Crippen LogP contribution in [-0.4, -0.2) is 33.9 Å². The van der Waals surface area contributed by atoms with Crippen LogP contribution in [0.2, 0.25) is 0 Å². The van der Waals surface area contributed by atoms with Gasteiger partial charge in [0.25, 0.3) is 6.21 Å². The Bertz CT molecular complexity index is 2440. The minimum atomic E-state index is 0.616. The predicted octanol–water partition coefficient (Wildman–Crippen LogP) is 8.10. The second-order valence-corrected chi connectivity index (χ2v) is 12.0. The summed E-state index contributed by atoms with van der Waals surface area (Å²) in [6.07, 6.45) is 16.0. The number of hydrogen-bond acceptors (Lipinski definition) is 4. The summed E-state index contributed by atoms with van der Waals surface area (Å²) >= 11 is 0. The van der Waals surface area contributed by atoms with Crippen LogP contribution in [0.4, 0.5) is 0 Å². The van der Waals surface area contributed by atoms with Crippen LogP contribution in [0.1, 0.15) is 34.8 Å². The van der Waals surface area contributed by atoms with Gasteiger partial charge in [0.1, 0.15) is 5.57 Å². The monoisotopic (exact) mass is 604 g/mol. The van der Waals surface area contributed by atoms with E-state index in [1.807, 2.05) is 24.4 Å². The van der Waals surface area contributed by atoms with Gasteiger partial charge in [-0.3, -0.25) is 0 Å². The number of nitrogens with zero attached hydrogens (tertiary/aromatic N) is 4. The summed E-state index contributed by atoms with van der Waals surface area (Å²) < 4.78 is 4.25. The zero-order chi connectivity index (χ0) is 31.2. The van der Waals surface area contributed by atoms with Crippen LogP contribution < -0.4 is 9.98 Å². The van der Waals surface area contributed by atoms with Crippen molar-refractivity contribution >= 4 is 56.8 Å². The fourth-order valence-corrected chi connectivity index (χ4v) is 7.00. The lowest BCUT2D eigenvalue weighted by molar-refractivity contribution is 0.959. The van der Waals surface area contributed by atoms with Crippen molar-refractivity contribution in [3.63, 3.8) is 0 Å². The van der Waals surface area contributed by atoms with Crippen molar-refractivity contribution < 1.29 is 0 Å². The number of benzene rings is 5. The van der Waals surface area contributed by atoms with Crippen LogP contribution in [0.25, 0.3) is 66.9 Å². The lowest BCUT2D eigenvalue weighted by Crippen LogP contribution is -2.11. The average Bonchev–Trinajstić information content (AvgIpc) is 3.71. The number of allylic oxidation sites excluding steroid dienone is 5. The van der Waals surface area contributed by atoms with Crippen molar-refractivity contribution in [3.05, 3.63) is 150 Å². The van der Waals surface area contributed by atoms with E-state index in [1.54, 1.807) is 12.4 Å². The van der Waals surface area contributed by atoms with Gasteiger partial charge >= 0.3 is 6.21 Å². The number of aryl methyl sites for hydroxylation is 1. The summed E-state index contributed by atoms with van der Waals surface area (Å²) in [4.78, 5) is 14.8. The minimum Gasteiger partial charge on any atom is -0.387 e. The lowest BCUT2D eigenvalue weighted by Gasteiger charge is -2.22. The molecule has 1 N–H and O–H groups in total. The number of nitrogens with one attached hydrogen (secondary N) is 1. The molecule has 0 radical (unpaired) electrons. The first-order valence-electron chi connectivity index (χ1n) is 16.1. The second-order valence-electron chi connectivity index (χ2n) is 12.0. The third-order valence-corrected chi connectivity index (χ3v) is 9.31. The highest BCUT2D eigenvalue weighted by molar-refractivity contribution is 6.16. The highest BCUT2D eigenvalue weighted by Crippen LogP contribution is 2.40. The zero-order valence-electron chi connectivity index (χ0n) is 25.7. The topological polar surface area (TPSA) is 64.8 Å². The van der Waals surface area contributed by atoms with E-state index in [1.165, 1.54) is 43.8 Å². The van der Waals surface area contributed by atoms with Gasteiger partial charge in [-0.05, 0) is 80.1 Å². The molecule has 1 aliphatic carbocycles. The van der Waals surface area contributed by atoms with Gasteiger partial charge in [0.05, 0.1) is 0 Å². The number of dihydropyridines is 1. The Balaban J connectivity index is 1.11. The van der Waals surface area contributed by atoms with Gasteiger partial charge in [0.15, 0.2) is 17.5 Å². The average molecular weight is 605 g/mol. The smallest absolute Gasteiger partial charge is 0.303 e. The van der Waals surface area contributed by atoms with Crippen LogP contribution in [0.15, 0.2) is 121 Å². The molecule has 222 valence electrons. The predicted molar refractivity (Wildman–Crippen MR) is 196 cm³/mol. The molecule has 0 bridgehead atoms. The highest BCUT2D eigenvalue weighted by Gasteiger charge is 2.21. The van der Waals surface area contributed by atoms with Gasteiger partial charge in [0.2, 0.25) is 0 Å². The Morgan fingerprint density at radius 1 is 0.596 bits per heavy atom. The summed E-state index contributed by atoms with van der Waals surface area (Å²) in [6.45, 7) is 0.734. The van der Waals surface area contributed by atoms with Crippen molar-refractivity contribution in [1.29, 1.82) is 0 Å². The number of rotatable bonds is 5. The maximum Gasteiger partial charge on any atom is 0.303 e. The van der Waals surface area contributed by atoms with E-state index in [-0.39, 0.29) is 0 Å². The molecule has 0 spiro atoms. The normalized spacial score (nSPS) is 14.9. The zero-order valence-corrected chi connectivity index (χ0v) is 25.7. The molecule has 9 rings (SSSR count). The molecule has 0 unspecified atom stereocenters. The summed E-state index contributed by atoms with van der Waals surface area (Å²) in [6, 6.07) is 35.0. The van der Waals surface area contributed by atoms with Gasteiger partial charge in [-0.25, -0.2) is 15.0 Å². The van der Waals surface area contributed by atoms with Crippen molar-refractivity contribution in [1.82, 2.24) is 24.9 Å². The molecule has 0 saturated carbocycles. The van der Waals surface area contributed by atoms with Gasteiger partial charge < -0.3 is 5.32 Å². The fourth-order valence-electron chi connectivity index (χ4n) is 7.00. The molecule has 0 fully saturated rings. The molecule has 47 heavy (non-hydrogen) atoms. The number of fused-ring (bicyclic) bond motifs is 6. The third-order valence-electron chi connectivity index (χ3n) is 9.31. The van der Waals surface area contributed by atoms with Gasteiger partial charge in [-0.2, -0.15) is 0 Å². The molecular formula is C42H30N5+. The van der Waals surface area contributed by atoms with Crippen LogP contribution in [-0.2, 0) is 6.42 Å². The second kappa shape index (κ2) is 11.3. The van der Waals surface area contributed by atoms with Gasteiger partial charge in [0, 0.05) is 23.8 Å². The summed E-state index contributed by atoms with van der Waals surface area (Å²) in [5.74, 6) is 1.91. The molecule has 0 saturated heterocycles. The molecule has 0 atom stereocenters. The summed E-state index contributed by atoms with van der Waals surface area (Å²) in [5.41, 5.74) is 10.5. The van der Waals surface area contributed by atoms with Crippen LogP contribution in [0.3, 0.4) is 0 Å². The van der Waals surface area contributed by atoms with E-state index < -0.39 is 0 Å². The van der Waals surface area contributed by atoms with Crippen LogP contribution in [0.5, 0.6) is 0 Å². The standard InChI is InChI=1S/C42H30N5/c1-6-12-38(42-46-40(29-19-22-43-23-20-29)45-41(47-42)31-21-24-44-26-31)32(7-1)28-15-13-27(14-16-28)30-17-18-37-35-10-3-2-8-33(35)34-9-4-5-11-36(34)39(37)25-30/h1-16,19-22,24-26,43H,17-18,23H2/q+1. The molecule has 6 aromatic rings. The van der Waals surface area contributed by atoms with E-state index in [0.29, 0.717) is 17.5 Å². The molecule has 3 aliphatic rings. The Labute approximate surface area is 272 Å². The first-order valence-corrected chi connectivity index (χ1v) is 16.1. The molecule has 1 aromatic heterocycles. The van der Waals surface area contributed by atoms with Gasteiger partial charge in [-0.15, -0.1) is 4.67 Å². The van der Waals surface area contributed by atoms with Crippen molar-refractivity contribution in [2.45, 2.75) is 12.8 Å². The van der Waals surface area contributed by atoms with Crippen LogP contribution in [0, 0.1) is 0 Å². The van der Waals surface area contributed by atoms with Crippen molar-refractivity contribution in [3.8, 4) is 22.5 Å². The molecule has 0 amide bonds. The quantitative estimate of drug-likeness (QED) is 0.160. The lowest BCUT2D eigenvalue weighted by atomic mass is 9.82. The maximum atomic E-state index is 4.98. The van der Waals surface area contributed by atoms with E-state index in [0.717, 1.165) is 47.2 Å². The van der Waals surface area contributed by atoms with Gasteiger partial charge in [-0.1, -0.05) is 109 Å². The molecule has 5 heteroatoms. The number of aromatic nitrogens is 3. The summed E-state index contributed by atoms with van der Waals surface area (Å²) in [7, 11) is 0.